The van der Waals surface area contributed by atoms with Crippen LogP contribution in [0.15, 0.2) is 18.3 Å². The standard InChI is InChI=1S/C11H15F3N2O/c1-8(15)9-4-2-6-16-10(9)17-7-3-5-11(12,13)14/h2,4,6,8H,3,5,7,15H2,1H3. The second-order valence-corrected chi connectivity index (χ2v) is 3.75. The molecule has 0 aliphatic heterocycles. The molecule has 0 aliphatic carbocycles. The van der Waals surface area contributed by atoms with Gasteiger partial charge < -0.3 is 10.5 Å². The van der Waals surface area contributed by atoms with Crippen molar-refractivity contribution in [2.75, 3.05) is 6.61 Å². The van der Waals surface area contributed by atoms with E-state index in [4.69, 9.17) is 10.5 Å². The highest BCUT2D eigenvalue weighted by molar-refractivity contribution is 5.27. The van der Waals surface area contributed by atoms with Crippen LogP contribution in [0.1, 0.15) is 31.4 Å². The van der Waals surface area contributed by atoms with Gasteiger partial charge in [0.1, 0.15) is 0 Å². The van der Waals surface area contributed by atoms with E-state index >= 15 is 0 Å². The Labute approximate surface area is 97.8 Å². The molecule has 0 spiro atoms. The first-order valence-electron chi connectivity index (χ1n) is 5.30. The molecule has 0 saturated carbocycles. The van der Waals surface area contributed by atoms with Gasteiger partial charge in [0, 0.05) is 24.2 Å². The van der Waals surface area contributed by atoms with E-state index in [1.807, 2.05) is 0 Å². The molecule has 6 heteroatoms. The fourth-order valence-corrected chi connectivity index (χ4v) is 1.31. The highest BCUT2D eigenvalue weighted by Gasteiger charge is 2.26. The van der Waals surface area contributed by atoms with E-state index in [1.54, 1.807) is 19.1 Å². The fourth-order valence-electron chi connectivity index (χ4n) is 1.31. The molecule has 2 N–H and O–H groups in total. The van der Waals surface area contributed by atoms with Gasteiger partial charge in [-0.1, -0.05) is 6.07 Å². The first kappa shape index (κ1) is 13.8. The van der Waals surface area contributed by atoms with Gasteiger partial charge in [-0.15, -0.1) is 0 Å². The van der Waals surface area contributed by atoms with Crippen LogP contribution in [0.2, 0.25) is 0 Å². The van der Waals surface area contributed by atoms with E-state index in [9.17, 15) is 13.2 Å². The minimum absolute atomic E-state index is 0.0176. The topological polar surface area (TPSA) is 48.1 Å². The first-order chi connectivity index (χ1) is 7.90. The maximum Gasteiger partial charge on any atom is 0.389 e. The molecule has 17 heavy (non-hydrogen) atoms. The molecule has 1 aromatic heterocycles. The van der Waals surface area contributed by atoms with Gasteiger partial charge in [0.05, 0.1) is 6.61 Å². The van der Waals surface area contributed by atoms with Crippen molar-refractivity contribution >= 4 is 0 Å². The number of nitrogens with zero attached hydrogens (tertiary/aromatic N) is 1. The Morgan fingerprint density at radius 3 is 2.76 bits per heavy atom. The monoisotopic (exact) mass is 248 g/mol. The average Bonchev–Trinajstić information content (AvgIpc) is 2.23. The lowest BCUT2D eigenvalue weighted by Gasteiger charge is -2.12. The Hall–Kier alpha value is -1.30. The molecule has 0 saturated heterocycles. The van der Waals surface area contributed by atoms with Crippen LogP contribution in [0.5, 0.6) is 5.88 Å². The molecule has 0 aromatic carbocycles. The maximum absolute atomic E-state index is 11.9. The Morgan fingerprint density at radius 2 is 2.18 bits per heavy atom. The van der Waals surface area contributed by atoms with Crippen LogP contribution in [-0.4, -0.2) is 17.8 Å². The van der Waals surface area contributed by atoms with Crippen molar-refractivity contribution in [1.29, 1.82) is 0 Å². The third kappa shape index (κ3) is 5.04. The van der Waals surface area contributed by atoms with Gasteiger partial charge in [-0.05, 0) is 19.4 Å². The smallest absolute Gasteiger partial charge is 0.389 e. The summed E-state index contributed by atoms with van der Waals surface area (Å²) >= 11 is 0. The highest BCUT2D eigenvalue weighted by Crippen LogP contribution is 2.23. The summed E-state index contributed by atoms with van der Waals surface area (Å²) in [5.41, 5.74) is 6.38. The van der Waals surface area contributed by atoms with Crippen molar-refractivity contribution in [3.63, 3.8) is 0 Å². The van der Waals surface area contributed by atoms with Gasteiger partial charge >= 0.3 is 6.18 Å². The van der Waals surface area contributed by atoms with Crippen molar-refractivity contribution in [2.24, 2.45) is 5.73 Å². The zero-order valence-corrected chi connectivity index (χ0v) is 9.50. The van der Waals surface area contributed by atoms with Gasteiger partial charge in [0.2, 0.25) is 5.88 Å². The predicted octanol–water partition coefficient (Wildman–Crippen LogP) is 2.82. The van der Waals surface area contributed by atoms with Gasteiger partial charge in [-0.2, -0.15) is 13.2 Å². The third-order valence-corrected chi connectivity index (χ3v) is 2.13. The number of nitrogens with two attached hydrogens (primary N) is 1. The average molecular weight is 248 g/mol. The highest BCUT2D eigenvalue weighted by atomic mass is 19.4. The summed E-state index contributed by atoms with van der Waals surface area (Å²) in [6.07, 6.45) is -3.56. The SMILES string of the molecule is CC(N)c1cccnc1OCCCC(F)(F)F. The number of hydrogen-bond donors (Lipinski definition) is 1. The molecule has 0 fully saturated rings. The van der Waals surface area contributed by atoms with Crippen molar-refractivity contribution < 1.29 is 17.9 Å². The summed E-state index contributed by atoms with van der Waals surface area (Å²) in [4.78, 5) is 3.95. The third-order valence-electron chi connectivity index (χ3n) is 2.13. The van der Waals surface area contributed by atoms with Crippen LogP contribution in [-0.2, 0) is 0 Å². The van der Waals surface area contributed by atoms with E-state index in [0.29, 0.717) is 11.4 Å². The second kappa shape index (κ2) is 5.86. The van der Waals surface area contributed by atoms with Crippen molar-refractivity contribution in [3.8, 4) is 5.88 Å². The minimum Gasteiger partial charge on any atom is -0.477 e. The summed E-state index contributed by atoms with van der Waals surface area (Å²) in [7, 11) is 0. The van der Waals surface area contributed by atoms with Crippen molar-refractivity contribution in [2.45, 2.75) is 32.0 Å². The lowest BCUT2D eigenvalue weighted by atomic mass is 10.1. The van der Waals surface area contributed by atoms with E-state index in [1.165, 1.54) is 6.20 Å². The Morgan fingerprint density at radius 1 is 1.47 bits per heavy atom. The minimum atomic E-state index is -4.14. The van der Waals surface area contributed by atoms with E-state index in [-0.39, 0.29) is 19.1 Å². The van der Waals surface area contributed by atoms with Crippen LogP contribution in [0.25, 0.3) is 0 Å². The summed E-state index contributed by atoms with van der Waals surface area (Å²) in [5, 5.41) is 0. The zero-order valence-electron chi connectivity index (χ0n) is 9.50. The zero-order chi connectivity index (χ0) is 12.9. The molecule has 3 nitrogen and oxygen atoms in total. The molecule has 1 aromatic rings. The van der Waals surface area contributed by atoms with Gasteiger partial charge in [-0.3, -0.25) is 0 Å². The Bertz CT molecular complexity index is 353. The largest absolute Gasteiger partial charge is 0.477 e. The lowest BCUT2D eigenvalue weighted by Crippen LogP contribution is -2.12. The quantitative estimate of drug-likeness (QED) is 0.815. The van der Waals surface area contributed by atoms with Crippen LogP contribution >= 0.6 is 0 Å². The lowest BCUT2D eigenvalue weighted by molar-refractivity contribution is -0.136. The second-order valence-electron chi connectivity index (χ2n) is 3.75. The first-order valence-corrected chi connectivity index (χ1v) is 5.30. The van der Waals surface area contributed by atoms with Crippen molar-refractivity contribution in [3.05, 3.63) is 23.9 Å². The summed E-state index contributed by atoms with van der Waals surface area (Å²) < 4.78 is 40.9. The number of pyridine rings is 1. The summed E-state index contributed by atoms with van der Waals surface area (Å²) in [6.45, 7) is 1.75. The number of rotatable bonds is 5. The fraction of sp³-hybridized carbons (Fsp3) is 0.545. The molecule has 1 unspecified atom stereocenters. The van der Waals surface area contributed by atoms with Crippen LogP contribution in [0.3, 0.4) is 0 Å². The summed E-state index contributed by atoms with van der Waals surface area (Å²) in [6, 6.07) is 3.19. The van der Waals surface area contributed by atoms with Crippen molar-refractivity contribution in [1.82, 2.24) is 4.98 Å². The molecule has 1 atom stereocenters. The number of ether oxygens (including phenoxy) is 1. The van der Waals surface area contributed by atoms with E-state index in [2.05, 4.69) is 4.98 Å². The van der Waals surface area contributed by atoms with E-state index < -0.39 is 12.6 Å². The Kier molecular flexibility index (Phi) is 4.74. The number of alkyl halides is 3. The van der Waals surface area contributed by atoms with Gasteiger partial charge in [0.25, 0.3) is 0 Å². The molecule has 96 valence electrons. The van der Waals surface area contributed by atoms with Gasteiger partial charge in [0.15, 0.2) is 0 Å². The number of hydrogen-bond acceptors (Lipinski definition) is 3. The molecule has 0 bridgehead atoms. The van der Waals surface area contributed by atoms with Crippen LogP contribution in [0, 0.1) is 0 Å². The molecule has 1 heterocycles. The maximum atomic E-state index is 11.9. The molecular formula is C11H15F3N2O. The molecule has 0 aliphatic rings. The number of halogens is 3. The van der Waals surface area contributed by atoms with Crippen LogP contribution < -0.4 is 10.5 Å². The molecule has 1 rings (SSSR count). The van der Waals surface area contributed by atoms with Gasteiger partial charge in [-0.25, -0.2) is 4.98 Å². The summed E-state index contributed by atoms with van der Waals surface area (Å²) in [5.74, 6) is 0.310. The van der Waals surface area contributed by atoms with E-state index in [0.717, 1.165) is 0 Å². The normalized spacial score (nSPS) is 13.5. The molecule has 0 radical (unpaired) electrons. The van der Waals surface area contributed by atoms with Crippen LogP contribution in [0.4, 0.5) is 13.2 Å². The Balaban J connectivity index is 2.47. The predicted molar refractivity (Wildman–Crippen MR) is 57.6 cm³/mol. The number of aromatic nitrogens is 1. The molecule has 0 amide bonds. The molecular weight excluding hydrogens is 233 g/mol.